The predicted octanol–water partition coefficient (Wildman–Crippen LogP) is 2.57. The van der Waals surface area contributed by atoms with E-state index in [4.69, 9.17) is 4.74 Å². The third-order valence-electron chi connectivity index (χ3n) is 3.08. The van der Waals surface area contributed by atoms with Gasteiger partial charge in [0, 0.05) is 19.8 Å². The quantitative estimate of drug-likeness (QED) is 0.662. The maximum absolute atomic E-state index is 13.0. The monoisotopic (exact) mass is 254 g/mol. The number of hydrogen-bond acceptors (Lipinski definition) is 4. The van der Waals surface area contributed by atoms with E-state index in [9.17, 15) is 14.5 Å². The Morgan fingerprint density at radius 2 is 2.17 bits per heavy atom. The van der Waals surface area contributed by atoms with Crippen LogP contribution in [0, 0.1) is 21.8 Å². The van der Waals surface area contributed by atoms with Gasteiger partial charge in [-0.25, -0.2) is 4.39 Å². The van der Waals surface area contributed by atoms with Crippen molar-refractivity contribution in [1.29, 1.82) is 0 Å². The maximum atomic E-state index is 13.0. The molecule has 5 nitrogen and oxygen atoms in total. The van der Waals surface area contributed by atoms with Crippen LogP contribution in [0.3, 0.4) is 0 Å². The lowest BCUT2D eigenvalue weighted by molar-refractivity contribution is -0.384. The Kier molecular flexibility index (Phi) is 4.09. The smallest absolute Gasteiger partial charge is 0.295 e. The lowest BCUT2D eigenvalue weighted by Gasteiger charge is -2.22. The molecule has 1 aromatic carbocycles. The van der Waals surface area contributed by atoms with Crippen LogP contribution in [-0.4, -0.2) is 24.7 Å². The molecule has 1 aliphatic rings. The molecule has 0 spiro atoms. The van der Waals surface area contributed by atoms with Gasteiger partial charge in [0.15, 0.2) is 0 Å². The fourth-order valence-corrected chi connectivity index (χ4v) is 2.01. The summed E-state index contributed by atoms with van der Waals surface area (Å²) in [5.74, 6) is -0.151. The molecular weight excluding hydrogens is 239 g/mol. The lowest BCUT2D eigenvalue weighted by Crippen LogP contribution is -2.22. The SMILES string of the molecule is O=[N+]([O-])c1cc(F)ccc1NCC1CCOCC1. The van der Waals surface area contributed by atoms with E-state index in [1.807, 2.05) is 0 Å². The van der Waals surface area contributed by atoms with Gasteiger partial charge in [-0.05, 0) is 30.9 Å². The molecule has 1 fully saturated rings. The first-order chi connectivity index (χ1) is 8.66. The zero-order chi connectivity index (χ0) is 13.0. The first-order valence-electron chi connectivity index (χ1n) is 5.92. The molecule has 0 bridgehead atoms. The van der Waals surface area contributed by atoms with Crippen molar-refractivity contribution in [1.82, 2.24) is 0 Å². The second-order valence-electron chi connectivity index (χ2n) is 4.36. The molecule has 0 amide bonds. The molecule has 0 unspecified atom stereocenters. The van der Waals surface area contributed by atoms with Gasteiger partial charge in [0.1, 0.15) is 11.5 Å². The number of anilines is 1. The van der Waals surface area contributed by atoms with E-state index in [1.54, 1.807) is 0 Å². The summed E-state index contributed by atoms with van der Waals surface area (Å²) in [4.78, 5) is 10.2. The molecule has 0 saturated carbocycles. The van der Waals surface area contributed by atoms with Gasteiger partial charge in [-0.15, -0.1) is 0 Å². The fraction of sp³-hybridized carbons (Fsp3) is 0.500. The maximum Gasteiger partial charge on any atom is 0.295 e. The highest BCUT2D eigenvalue weighted by Gasteiger charge is 2.17. The number of nitro groups is 1. The minimum absolute atomic E-state index is 0.220. The Morgan fingerprint density at radius 3 is 2.83 bits per heavy atom. The highest BCUT2D eigenvalue weighted by Crippen LogP contribution is 2.26. The summed E-state index contributed by atoms with van der Waals surface area (Å²) in [5.41, 5.74) is 0.148. The Hall–Kier alpha value is -1.69. The van der Waals surface area contributed by atoms with Crippen LogP contribution in [0.5, 0.6) is 0 Å². The van der Waals surface area contributed by atoms with Crippen molar-refractivity contribution in [2.45, 2.75) is 12.8 Å². The van der Waals surface area contributed by atoms with Crippen LogP contribution in [0.25, 0.3) is 0 Å². The van der Waals surface area contributed by atoms with E-state index in [0.717, 1.165) is 32.1 Å². The molecule has 1 heterocycles. The molecule has 0 atom stereocenters. The van der Waals surface area contributed by atoms with Gasteiger partial charge in [-0.3, -0.25) is 10.1 Å². The van der Waals surface area contributed by atoms with Crippen LogP contribution in [0.15, 0.2) is 18.2 Å². The van der Waals surface area contributed by atoms with Crippen molar-refractivity contribution in [3.63, 3.8) is 0 Å². The number of ether oxygens (including phenoxy) is 1. The number of halogens is 1. The van der Waals surface area contributed by atoms with E-state index < -0.39 is 10.7 Å². The summed E-state index contributed by atoms with van der Waals surface area (Å²) in [6.07, 6.45) is 1.89. The van der Waals surface area contributed by atoms with Crippen molar-refractivity contribution in [2.75, 3.05) is 25.1 Å². The zero-order valence-corrected chi connectivity index (χ0v) is 9.89. The minimum Gasteiger partial charge on any atom is -0.381 e. The molecule has 1 N–H and O–H groups in total. The molecule has 18 heavy (non-hydrogen) atoms. The number of nitrogens with one attached hydrogen (secondary N) is 1. The van der Waals surface area contributed by atoms with Crippen molar-refractivity contribution >= 4 is 11.4 Å². The Morgan fingerprint density at radius 1 is 1.44 bits per heavy atom. The van der Waals surface area contributed by atoms with Gasteiger partial charge in [0.2, 0.25) is 0 Å². The molecule has 1 saturated heterocycles. The molecular formula is C12H15FN2O3. The molecule has 2 rings (SSSR count). The number of benzene rings is 1. The molecule has 98 valence electrons. The molecule has 1 aromatic rings. The molecule has 6 heteroatoms. The van der Waals surface area contributed by atoms with E-state index >= 15 is 0 Å². The van der Waals surface area contributed by atoms with Gasteiger partial charge in [-0.2, -0.15) is 0 Å². The van der Waals surface area contributed by atoms with Gasteiger partial charge in [-0.1, -0.05) is 0 Å². The molecule has 1 aliphatic heterocycles. The van der Waals surface area contributed by atoms with Crippen LogP contribution in [0.2, 0.25) is 0 Å². The predicted molar refractivity (Wildman–Crippen MR) is 65.1 cm³/mol. The van der Waals surface area contributed by atoms with Crippen molar-refractivity contribution in [2.24, 2.45) is 5.92 Å². The van der Waals surface area contributed by atoms with Gasteiger partial charge in [0.25, 0.3) is 5.69 Å². The highest BCUT2D eigenvalue weighted by atomic mass is 19.1. The number of rotatable bonds is 4. The zero-order valence-electron chi connectivity index (χ0n) is 9.89. The van der Waals surface area contributed by atoms with E-state index in [2.05, 4.69) is 5.32 Å². The normalized spacial score (nSPS) is 16.5. The van der Waals surface area contributed by atoms with Gasteiger partial charge < -0.3 is 10.1 Å². The topological polar surface area (TPSA) is 64.4 Å². The highest BCUT2D eigenvalue weighted by molar-refractivity contribution is 5.61. The number of hydrogen-bond donors (Lipinski definition) is 1. The summed E-state index contributed by atoms with van der Waals surface area (Å²) in [6.45, 7) is 2.12. The van der Waals surface area contributed by atoms with E-state index in [1.165, 1.54) is 12.1 Å². The summed E-state index contributed by atoms with van der Waals surface area (Å²) in [7, 11) is 0. The largest absolute Gasteiger partial charge is 0.381 e. The first-order valence-corrected chi connectivity index (χ1v) is 5.92. The van der Waals surface area contributed by atoms with Crippen molar-refractivity contribution < 1.29 is 14.1 Å². The van der Waals surface area contributed by atoms with E-state index in [0.29, 0.717) is 18.2 Å². The summed E-state index contributed by atoms with van der Waals surface area (Å²) < 4.78 is 18.2. The Labute approximate surface area is 104 Å². The standard InChI is InChI=1S/C12H15FN2O3/c13-10-1-2-11(12(7-10)15(16)17)14-8-9-3-5-18-6-4-9/h1-2,7,9,14H,3-6,8H2. The lowest BCUT2D eigenvalue weighted by atomic mass is 10.0. The van der Waals surface area contributed by atoms with Crippen LogP contribution in [0.4, 0.5) is 15.8 Å². The van der Waals surface area contributed by atoms with Crippen molar-refractivity contribution in [3.05, 3.63) is 34.1 Å². The first kappa shape index (κ1) is 12.8. The van der Waals surface area contributed by atoms with Crippen LogP contribution < -0.4 is 5.32 Å². The average molecular weight is 254 g/mol. The second-order valence-corrected chi connectivity index (χ2v) is 4.36. The number of nitro benzene ring substituents is 1. The average Bonchev–Trinajstić information content (AvgIpc) is 2.38. The second kappa shape index (κ2) is 5.77. The summed E-state index contributed by atoms with van der Waals surface area (Å²) in [5, 5.41) is 13.8. The van der Waals surface area contributed by atoms with E-state index in [-0.39, 0.29) is 5.69 Å². The molecule has 0 aromatic heterocycles. The number of nitrogens with zero attached hydrogens (tertiary/aromatic N) is 1. The molecule has 0 aliphatic carbocycles. The minimum atomic E-state index is -0.599. The molecule has 0 radical (unpaired) electrons. The fourth-order valence-electron chi connectivity index (χ4n) is 2.01. The van der Waals surface area contributed by atoms with Crippen molar-refractivity contribution in [3.8, 4) is 0 Å². The Balaban J connectivity index is 2.01. The Bertz CT molecular complexity index is 433. The summed E-state index contributed by atoms with van der Waals surface area (Å²) >= 11 is 0. The van der Waals surface area contributed by atoms with Gasteiger partial charge >= 0.3 is 0 Å². The van der Waals surface area contributed by atoms with Crippen LogP contribution >= 0.6 is 0 Å². The van der Waals surface area contributed by atoms with Crippen LogP contribution in [0.1, 0.15) is 12.8 Å². The third kappa shape index (κ3) is 3.16. The third-order valence-corrected chi connectivity index (χ3v) is 3.08. The van der Waals surface area contributed by atoms with Gasteiger partial charge in [0.05, 0.1) is 11.0 Å². The summed E-state index contributed by atoms with van der Waals surface area (Å²) in [6, 6.07) is 3.57. The van der Waals surface area contributed by atoms with Crippen LogP contribution in [-0.2, 0) is 4.74 Å².